The molecule has 4 nitrogen and oxygen atoms in total. The number of aromatic nitrogens is 1. The van der Waals surface area contributed by atoms with Gasteiger partial charge in [0.05, 0.1) is 12.5 Å². The normalized spacial score (nSPS) is 22.3. The minimum Gasteiger partial charge on any atom is -0.476 e. The molecule has 0 aromatic carbocycles. The van der Waals surface area contributed by atoms with E-state index in [-0.39, 0.29) is 17.2 Å². The van der Waals surface area contributed by atoms with Crippen LogP contribution in [0.3, 0.4) is 0 Å². The molecule has 1 saturated carbocycles. The second kappa shape index (κ2) is 5.88. The van der Waals surface area contributed by atoms with Crippen molar-refractivity contribution < 1.29 is 9.53 Å². The molecule has 1 fully saturated rings. The standard InChI is InChI=1S/C17H24N2O2/c1-6-21-16-13(8-7-9-18-16)19-15(20)14-12(10-11(2)3)17(14,4)5/h7-10,12,14H,6H2,1-5H3,(H,19,20)/t12-,14+/m0/s1. The van der Waals surface area contributed by atoms with E-state index in [1.807, 2.05) is 13.0 Å². The summed E-state index contributed by atoms with van der Waals surface area (Å²) in [7, 11) is 0. The molecule has 0 saturated heterocycles. The van der Waals surface area contributed by atoms with E-state index in [1.165, 1.54) is 5.57 Å². The van der Waals surface area contributed by atoms with Crippen LogP contribution in [0, 0.1) is 17.3 Å². The summed E-state index contributed by atoms with van der Waals surface area (Å²) in [6, 6.07) is 3.62. The Balaban J connectivity index is 2.11. The van der Waals surface area contributed by atoms with Crippen LogP contribution in [-0.4, -0.2) is 17.5 Å². The zero-order chi connectivity index (χ0) is 15.6. The Kier molecular flexibility index (Phi) is 4.35. The SMILES string of the molecule is CCOc1ncccc1NC(=O)[C@H]1[C@H](C=C(C)C)C1(C)C. The largest absolute Gasteiger partial charge is 0.476 e. The third kappa shape index (κ3) is 3.26. The lowest BCUT2D eigenvalue weighted by molar-refractivity contribution is -0.118. The zero-order valence-corrected chi connectivity index (χ0v) is 13.4. The summed E-state index contributed by atoms with van der Waals surface area (Å²) >= 11 is 0. The van der Waals surface area contributed by atoms with E-state index in [1.54, 1.807) is 12.3 Å². The van der Waals surface area contributed by atoms with Crippen LogP contribution in [0.1, 0.15) is 34.6 Å². The molecular weight excluding hydrogens is 264 g/mol. The molecule has 0 radical (unpaired) electrons. The van der Waals surface area contributed by atoms with Gasteiger partial charge in [-0.05, 0) is 44.2 Å². The van der Waals surface area contributed by atoms with Crippen LogP contribution in [0.5, 0.6) is 5.88 Å². The van der Waals surface area contributed by atoms with Crippen molar-refractivity contribution in [2.24, 2.45) is 17.3 Å². The first kappa shape index (κ1) is 15.5. The quantitative estimate of drug-likeness (QED) is 0.841. The highest BCUT2D eigenvalue weighted by Gasteiger charge is 2.60. The lowest BCUT2D eigenvalue weighted by atomic mass is 10.1. The summed E-state index contributed by atoms with van der Waals surface area (Å²) in [5.41, 5.74) is 1.90. The van der Waals surface area contributed by atoms with Crippen molar-refractivity contribution in [2.75, 3.05) is 11.9 Å². The number of pyridine rings is 1. The highest BCUT2D eigenvalue weighted by Crippen LogP contribution is 2.59. The Labute approximate surface area is 126 Å². The molecule has 2 atom stereocenters. The van der Waals surface area contributed by atoms with E-state index in [2.05, 4.69) is 44.1 Å². The van der Waals surface area contributed by atoms with Crippen LogP contribution in [0.15, 0.2) is 30.0 Å². The van der Waals surface area contributed by atoms with Gasteiger partial charge in [0, 0.05) is 6.20 Å². The molecule has 1 aromatic heterocycles. The number of hydrogen-bond acceptors (Lipinski definition) is 3. The van der Waals surface area contributed by atoms with Gasteiger partial charge < -0.3 is 10.1 Å². The Morgan fingerprint density at radius 3 is 2.81 bits per heavy atom. The van der Waals surface area contributed by atoms with E-state index in [0.717, 1.165) is 0 Å². The van der Waals surface area contributed by atoms with Gasteiger partial charge in [0.2, 0.25) is 11.8 Å². The first-order chi connectivity index (χ1) is 9.87. The molecule has 1 aliphatic carbocycles. The zero-order valence-electron chi connectivity index (χ0n) is 13.4. The van der Waals surface area contributed by atoms with Crippen LogP contribution < -0.4 is 10.1 Å². The predicted molar refractivity (Wildman–Crippen MR) is 84.2 cm³/mol. The Morgan fingerprint density at radius 1 is 1.48 bits per heavy atom. The van der Waals surface area contributed by atoms with Gasteiger partial charge in [-0.3, -0.25) is 4.79 Å². The molecule has 1 aromatic rings. The molecule has 4 heteroatoms. The lowest BCUT2D eigenvalue weighted by Gasteiger charge is -2.10. The van der Waals surface area contributed by atoms with Crippen LogP contribution in [0.25, 0.3) is 0 Å². The van der Waals surface area contributed by atoms with Gasteiger partial charge in [-0.1, -0.05) is 25.5 Å². The predicted octanol–water partition coefficient (Wildman–Crippen LogP) is 3.66. The highest BCUT2D eigenvalue weighted by atomic mass is 16.5. The summed E-state index contributed by atoms with van der Waals surface area (Å²) in [5.74, 6) is 0.818. The molecule has 1 amide bonds. The van der Waals surface area contributed by atoms with Crippen LogP contribution in [0.4, 0.5) is 5.69 Å². The fraction of sp³-hybridized carbons (Fsp3) is 0.529. The second-order valence-corrected chi connectivity index (χ2v) is 6.35. The Hall–Kier alpha value is -1.84. The molecule has 114 valence electrons. The van der Waals surface area contributed by atoms with E-state index >= 15 is 0 Å². The van der Waals surface area contributed by atoms with E-state index in [0.29, 0.717) is 24.1 Å². The third-order valence-electron chi connectivity index (χ3n) is 4.02. The molecule has 21 heavy (non-hydrogen) atoms. The maximum atomic E-state index is 12.5. The maximum absolute atomic E-state index is 12.5. The van der Waals surface area contributed by atoms with Gasteiger partial charge in [0.25, 0.3) is 0 Å². The minimum atomic E-state index is 0.00193. The average molecular weight is 288 g/mol. The number of rotatable bonds is 5. The van der Waals surface area contributed by atoms with Crippen molar-refractivity contribution in [1.29, 1.82) is 0 Å². The molecule has 1 aliphatic rings. The number of nitrogens with zero attached hydrogens (tertiary/aromatic N) is 1. The summed E-state index contributed by atoms with van der Waals surface area (Å²) in [6.07, 6.45) is 3.85. The molecule has 1 N–H and O–H groups in total. The monoisotopic (exact) mass is 288 g/mol. The Bertz CT molecular complexity index is 560. The van der Waals surface area contributed by atoms with Crippen molar-refractivity contribution in [3.05, 3.63) is 30.0 Å². The molecule has 0 bridgehead atoms. The van der Waals surface area contributed by atoms with Crippen LogP contribution >= 0.6 is 0 Å². The van der Waals surface area contributed by atoms with Gasteiger partial charge in [0.1, 0.15) is 5.69 Å². The average Bonchev–Trinajstić information content (AvgIpc) is 2.92. The van der Waals surface area contributed by atoms with Crippen LogP contribution in [0.2, 0.25) is 0 Å². The Morgan fingerprint density at radius 2 is 2.19 bits per heavy atom. The van der Waals surface area contributed by atoms with Crippen LogP contribution in [-0.2, 0) is 4.79 Å². The number of amides is 1. The van der Waals surface area contributed by atoms with E-state index in [4.69, 9.17) is 4.74 Å². The number of ether oxygens (including phenoxy) is 1. The number of carbonyl (C=O) groups is 1. The minimum absolute atomic E-state index is 0.00193. The molecule has 0 aliphatic heterocycles. The first-order valence-corrected chi connectivity index (χ1v) is 7.41. The number of anilines is 1. The van der Waals surface area contributed by atoms with Crippen molar-refractivity contribution in [1.82, 2.24) is 4.98 Å². The first-order valence-electron chi connectivity index (χ1n) is 7.41. The molecule has 1 heterocycles. The smallest absolute Gasteiger partial charge is 0.237 e. The number of hydrogen-bond donors (Lipinski definition) is 1. The third-order valence-corrected chi connectivity index (χ3v) is 4.02. The lowest BCUT2D eigenvalue weighted by Crippen LogP contribution is -2.17. The topological polar surface area (TPSA) is 51.2 Å². The molecule has 0 unspecified atom stereocenters. The highest BCUT2D eigenvalue weighted by molar-refractivity contribution is 5.96. The van der Waals surface area contributed by atoms with Crippen molar-refractivity contribution in [3.63, 3.8) is 0 Å². The second-order valence-electron chi connectivity index (χ2n) is 6.35. The van der Waals surface area contributed by atoms with E-state index in [9.17, 15) is 4.79 Å². The molecular formula is C17H24N2O2. The van der Waals surface area contributed by atoms with Crippen molar-refractivity contribution in [2.45, 2.75) is 34.6 Å². The summed E-state index contributed by atoms with van der Waals surface area (Å²) in [6.45, 7) is 10.8. The van der Waals surface area contributed by atoms with Crippen molar-refractivity contribution in [3.8, 4) is 5.88 Å². The van der Waals surface area contributed by atoms with Gasteiger partial charge >= 0.3 is 0 Å². The van der Waals surface area contributed by atoms with Gasteiger partial charge in [-0.25, -0.2) is 4.98 Å². The fourth-order valence-electron chi connectivity index (χ4n) is 2.80. The summed E-state index contributed by atoms with van der Waals surface area (Å²) in [4.78, 5) is 16.7. The molecule has 2 rings (SSSR count). The summed E-state index contributed by atoms with van der Waals surface area (Å²) < 4.78 is 5.44. The van der Waals surface area contributed by atoms with Crippen molar-refractivity contribution >= 4 is 11.6 Å². The van der Waals surface area contributed by atoms with Gasteiger partial charge in [-0.15, -0.1) is 0 Å². The molecule has 0 spiro atoms. The summed E-state index contributed by atoms with van der Waals surface area (Å²) in [5, 5.41) is 2.96. The maximum Gasteiger partial charge on any atom is 0.237 e. The van der Waals surface area contributed by atoms with E-state index < -0.39 is 0 Å². The van der Waals surface area contributed by atoms with Gasteiger partial charge in [0.15, 0.2) is 0 Å². The number of allylic oxidation sites excluding steroid dienone is 2. The number of carbonyl (C=O) groups excluding carboxylic acids is 1. The number of nitrogens with one attached hydrogen (secondary N) is 1. The fourth-order valence-corrected chi connectivity index (χ4v) is 2.80. The van der Waals surface area contributed by atoms with Gasteiger partial charge in [-0.2, -0.15) is 0 Å².